The van der Waals surface area contributed by atoms with Crippen LogP contribution in [0.5, 0.6) is 5.75 Å². The average molecular weight is 423 g/mol. The number of likely N-dealkylation sites (tertiary alicyclic amines) is 1. The monoisotopic (exact) mass is 423 g/mol. The Balaban J connectivity index is 1.48. The molecule has 0 radical (unpaired) electrons. The first-order chi connectivity index (χ1) is 14.8. The largest absolute Gasteiger partial charge is 0.507 e. The molecule has 160 valence electrons. The molecule has 1 aromatic heterocycles. The number of phenols is 1. The minimum absolute atomic E-state index is 0.0644. The van der Waals surface area contributed by atoms with E-state index in [1.165, 1.54) is 30.5 Å². The van der Waals surface area contributed by atoms with E-state index in [4.69, 9.17) is 5.73 Å². The molecule has 0 unspecified atom stereocenters. The summed E-state index contributed by atoms with van der Waals surface area (Å²) in [5.41, 5.74) is 6.72. The summed E-state index contributed by atoms with van der Waals surface area (Å²) in [6.45, 7) is 1.06. The molecule has 0 aliphatic carbocycles. The molecule has 4 N–H and O–H groups in total. The van der Waals surface area contributed by atoms with Crippen LogP contribution in [-0.2, 0) is 11.2 Å². The number of Topliss-reactive ketones (excluding diaryl/α,β-unsaturated/α-hetero) is 1. The Morgan fingerprint density at radius 2 is 1.77 bits per heavy atom. The molecule has 8 heteroatoms. The lowest BCUT2D eigenvalue weighted by Crippen LogP contribution is -2.39. The lowest BCUT2D eigenvalue weighted by molar-refractivity contribution is -0.114. The fraction of sp³-hybridized carbons (Fsp3) is 0.261. The van der Waals surface area contributed by atoms with Crippen molar-refractivity contribution in [3.05, 3.63) is 65.1 Å². The number of aromatic nitrogens is 1. The van der Waals surface area contributed by atoms with Crippen LogP contribution < -0.4 is 5.73 Å². The van der Waals surface area contributed by atoms with Gasteiger partial charge in [0.2, 0.25) is 0 Å². The van der Waals surface area contributed by atoms with Crippen molar-refractivity contribution < 1.29 is 23.9 Å². The fourth-order valence-electron chi connectivity index (χ4n) is 4.11. The van der Waals surface area contributed by atoms with Gasteiger partial charge in [-0.1, -0.05) is 12.1 Å². The number of benzene rings is 2. The van der Waals surface area contributed by atoms with Crippen LogP contribution >= 0.6 is 0 Å². The number of halogens is 1. The van der Waals surface area contributed by atoms with E-state index in [2.05, 4.69) is 4.98 Å². The number of aromatic hydroxyl groups is 1. The van der Waals surface area contributed by atoms with E-state index in [0.29, 0.717) is 29.9 Å². The molecule has 0 spiro atoms. The third-order valence-corrected chi connectivity index (χ3v) is 5.84. The van der Waals surface area contributed by atoms with Crippen LogP contribution in [-0.4, -0.2) is 45.7 Å². The minimum Gasteiger partial charge on any atom is -0.507 e. The number of piperidine rings is 1. The molecule has 1 aliphatic heterocycles. The number of carbonyl (C=O) groups excluding carboxylic acids is 3. The van der Waals surface area contributed by atoms with Crippen molar-refractivity contribution in [1.82, 2.24) is 9.88 Å². The van der Waals surface area contributed by atoms with E-state index in [1.807, 2.05) is 0 Å². The van der Waals surface area contributed by atoms with E-state index in [9.17, 15) is 23.9 Å². The molecule has 1 aliphatic rings. The predicted octanol–water partition coefficient (Wildman–Crippen LogP) is 2.78. The molecule has 2 amide bonds. The lowest BCUT2D eigenvalue weighted by Gasteiger charge is -2.32. The Bertz CT molecular complexity index is 1160. The van der Waals surface area contributed by atoms with Gasteiger partial charge in [-0.2, -0.15) is 0 Å². The summed E-state index contributed by atoms with van der Waals surface area (Å²) < 4.78 is 13.1. The van der Waals surface area contributed by atoms with Gasteiger partial charge < -0.3 is 20.7 Å². The summed E-state index contributed by atoms with van der Waals surface area (Å²) >= 11 is 0. The molecule has 2 heterocycles. The normalized spacial score (nSPS) is 14.7. The van der Waals surface area contributed by atoms with E-state index >= 15 is 0 Å². The van der Waals surface area contributed by atoms with Crippen LogP contribution in [0.4, 0.5) is 4.39 Å². The van der Waals surface area contributed by atoms with Gasteiger partial charge in [0.25, 0.3) is 17.6 Å². The molecule has 3 aromatic rings. The zero-order valence-electron chi connectivity index (χ0n) is 16.7. The average Bonchev–Trinajstić information content (AvgIpc) is 3.16. The maximum Gasteiger partial charge on any atom is 0.289 e. The van der Waals surface area contributed by atoms with Gasteiger partial charge in [-0.3, -0.25) is 14.4 Å². The van der Waals surface area contributed by atoms with Gasteiger partial charge in [0, 0.05) is 36.3 Å². The van der Waals surface area contributed by atoms with Crippen LogP contribution in [0.1, 0.15) is 39.1 Å². The van der Waals surface area contributed by atoms with Crippen molar-refractivity contribution in [2.24, 2.45) is 11.7 Å². The lowest BCUT2D eigenvalue weighted by atomic mass is 9.90. The van der Waals surface area contributed by atoms with E-state index < -0.39 is 11.7 Å². The van der Waals surface area contributed by atoms with Gasteiger partial charge >= 0.3 is 0 Å². The number of hydrogen-bond donors (Lipinski definition) is 3. The standard InChI is InChI=1S/C23H22FN3O4/c24-15-3-1-13(2-4-15)9-14-5-7-27(8-6-14)23(31)17-10-16-18(21(29)22(25)30)12-26-19(16)11-20(17)28/h1-4,10-12,14,26,28H,5-9H2,(H2,25,30). The Morgan fingerprint density at radius 1 is 1.10 bits per heavy atom. The van der Waals surface area contributed by atoms with Crippen molar-refractivity contribution in [2.45, 2.75) is 19.3 Å². The number of hydrogen-bond acceptors (Lipinski definition) is 4. The number of nitrogens with two attached hydrogens (primary N) is 1. The number of nitrogens with one attached hydrogen (secondary N) is 1. The van der Waals surface area contributed by atoms with Crippen LogP contribution in [0.15, 0.2) is 42.6 Å². The molecular weight excluding hydrogens is 401 g/mol. The van der Waals surface area contributed by atoms with Crippen LogP contribution in [0.25, 0.3) is 10.9 Å². The molecule has 31 heavy (non-hydrogen) atoms. The van der Waals surface area contributed by atoms with Crippen LogP contribution in [0.2, 0.25) is 0 Å². The molecule has 0 bridgehead atoms. The maximum atomic E-state index is 13.1. The number of aromatic amines is 1. The highest BCUT2D eigenvalue weighted by Gasteiger charge is 2.27. The van der Waals surface area contributed by atoms with Crippen LogP contribution in [0.3, 0.4) is 0 Å². The van der Waals surface area contributed by atoms with Gasteiger partial charge in [0.15, 0.2) is 0 Å². The summed E-state index contributed by atoms with van der Waals surface area (Å²) in [5.74, 6) is -2.37. The number of ketones is 1. The number of fused-ring (bicyclic) bond motifs is 1. The number of rotatable bonds is 5. The number of nitrogens with zero attached hydrogens (tertiary/aromatic N) is 1. The van der Waals surface area contributed by atoms with Crippen molar-refractivity contribution in [3.8, 4) is 5.75 Å². The summed E-state index contributed by atoms with van der Waals surface area (Å²) in [6.07, 6.45) is 3.75. The van der Waals surface area contributed by atoms with Gasteiger partial charge in [-0.25, -0.2) is 4.39 Å². The smallest absolute Gasteiger partial charge is 0.289 e. The van der Waals surface area contributed by atoms with Gasteiger partial charge in [-0.15, -0.1) is 0 Å². The zero-order chi connectivity index (χ0) is 22.1. The van der Waals surface area contributed by atoms with Crippen molar-refractivity contribution in [1.29, 1.82) is 0 Å². The van der Waals surface area contributed by atoms with Crippen molar-refractivity contribution in [3.63, 3.8) is 0 Å². The van der Waals surface area contributed by atoms with Gasteiger partial charge in [0.05, 0.1) is 11.1 Å². The number of amides is 2. The highest BCUT2D eigenvalue weighted by Crippen LogP contribution is 2.30. The Kier molecular flexibility index (Phi) is 5.46. The van der Waals surface area contributed by atoms with Gasteiger partial charge in [0.1, 0.15) is 11.6 Å². The highest BCUT2D eigenvalue weighted by molar-refractivity contribution is 6.44. The van der Waals surface area contributed by atoms with Crippen molar-refractivity contribution in [2.75, 3.05) is 13.1 Å². The Morgan fingerprint density at radius 3 is 2.42 bits per heavy atom. The maximum absolute atomic E-state index is 13.1. The SMILES string of the molecule is NC(=O)C(=O)c1c[nH]c2cc(O)c(C(=O)N3CCC(Cc4ccc(F)cc4)CC3)cc12. The third-order valence-electron chi connectivity index (χ3n) is 5.84. The minimum atomic E-state index is -1.09. The number of phenolic OH excluding ortho intramolecular Hbond substituents is 1. The zero-order valence-corrected chi connectivity index (χ0v) is 16.7. The number of H-pyrrole nitrogens is 1. The molecule has 0 atom stereocenters. The predicted molar refractivity (Wildman–Crippen MR) is 112 cm³/mol. The first-order valence-electron chi connectivity index (χ1n) is 10.1. The van der Waals surface area contributed by atoms with Gasteiger partial charge in [-0.05, 0) is 48.9 Å². The second-order valence-corrected chi connectivity index (χ2v) is 7.88. The summed E-state index contributed by atoms with van der Waals surface area (Å²) in [4.78, 5) is 40.8. The van der Waals surface area contributed by atoms with E-state index in [-0.39, 0.29) is 28.6 Å². The molecule has 1 saturated heterocycles. The number of carbonyl (C=O) groups is 3. The summed E-state index contributed by atoms with van der Waals surface area (Å²) in [6, 6.07) is 9.24. The Hall–Kier alpha value is -3.68. The quantitative estimate of drug-likeness (QED) is 0.432. The van der Waals surface area contributed by atoms with E-state index in [0.717, 1.165) is 24.8 Å². The summed E-state index contributed by atoms with van der Waals surface area (Å²) in [7, 11) is 0. The molecular formula is C23H22FN3O4. The topological polar surface area (TPSA) is 116 Å². The van der Waals surface area contributed by atoms with Crippen LogP contribution in [0, 0.1) is 11.7 Å². The van der Waals surface area contributed by atoms with Crippen molar-refractivity contribution >= 4 is 28.5 Å². The molecule has 7 nitrogen and oxygen atoms in total. The fourth-order valence-corrected chi connectivity index (χ4v) is 4.11. The molecule has 4 rings (SSSR count). The number of primary amides is 1. The second-order valence-electron chi connectivity index (χ2n) is 7.88. The molecule has 1 fully saturated rings. The first kappa shape index (κ1) is 20.6. The third kappa shape index (κ3) is 4.14. The Labute approximate surface area is 177 Å². The van der Waals surface area contributed by atoms with E-state index in [1.54, 1.807) is 17.0 Å². The second kappa shape index (κ2) is 8.22. The first-order valence-corrected chi connectivity index (χ1v) is 10.1. The highest BCUT2D eigenvalue weighted by atomic mass is 19.1. The molecule has 0 saturated carbocycles. The summed E-state index contributed by atoms with van der Waals surface area (Å²) in [5, 5.41) is 10.7. The molecule has 2 aromatic carbocycles.